The molecule has 18 heavy (non-hydrogen) atoms. The normalized spacial score (nSPS) is 19.7. The number of fused-ring (bicyclic) bond motifs is 1. The van der Waals surface area contributed by atoms with Gasteiger partial charge in [0.1, 0.15) is 0 Å². The van der Waals surface area contributed by atoms with Gasteiger partial charge in [-0.1, -0.05) is 25.1 Å². The molecule has 2 rings (SSSR count). The van der Waals surface area contributed by atoms with Crippen molar-refractivity contribution in [2.45, 2.75) is 32.4 Å². The molecular weight excluding hydrogens is 224 g/mol. The van der Waals surface area contributed by atoms with Crippen LogP contribution in [-0.4, -0.2) is 43.8 Å². The maximum atomic E-state index is 5.25. The monoisotopic (exact) mass is 248 g/mol. The molecule has 3 nitrogen and oxygen atoms in total. The molecule has 3 heteroatoms. The van der Waals surface area contributed by atoms with E-state index in [1.807, 2.05) is 0 Å². The summed E-state index contributed by atoms with van der Waals surface area (Å²) in [5.74, 6) is 0. The van der Waals surface area contributed by atoms with Crippen LogP contribution in [0.5, 0.6) is 0 Å². The summed E-state index contributed by atoms with van der Waals surface area (Å²) < 4.78 is 5.25. The molecule has 0 amide bonds. The van der Waals surface area contributed by atoms with Gasteiger partial charge in [0.15, 0.2) is 0 Å². The lowest BCUT2D eigenvalue weighted by Gasteiger charge is -2.30. The minimum absolute atomic E-state index is 0.477. The zero-order chi connectivity index (χ0) is 13.0. The Bertz CT molecular complexity index is 356. The van der Waals surface area contributed by atoms with E-state index in [2.05, 4.69) is 48.3 Å². The van der Waals surface area contributed by atoms with Crippen LogP contribution in [0, 0.1) is 0 Å². The second kappa shape index (κ2) is 6.21. The molecule has 1 N–H and O–H groups in total. The Kier molecular flexibility index (Phi) is 4.61. The lowest BCUT2D eigenvalue weighted by molar-refractivity contribution is 0.100. The summed E-state index contributed by atoms with van der Waals surface area (Å²) in [6, 6.07) is 9.61. The number of nitrogens with zero attached hydrogens (tertiary/aromatic N) is 1. The minimum atomic E-state index is 0.477. The van der Waals surface area contributed by atoms with Crippen molar-refractivity contribution in [2.24, 2.45) is 0 Å². The van der Waals surface area contributed by atoms with Crippen LogP contribution < -0.4 is 5.32 Å². The molecule has 0 spiro atoms. The van der Waals surface area contributed by atoms with Crippen molar-refractivity contribution in [3.8, 4) is 0 Å². The predicted molar refractivity (Wildman–Crippen MR) is 76.1 cm³/mol. The SMILES string of the molecule is CCN(CC1Cc2ccccc2N1)C(C)COC. The highest BCUT2D eigenvalue weighted by Crippen LogP contribution is 2.25. The number of likely N-dealkylation sites (N-methyl/N-ethyl adjacent to an activating group) is 1. The number of para-hydroxylation sites is 1. The number of nitrogens with one attached hydrogen (secondary N) is 1. The van der Waals surface area contributed by atoms with Crippen molar-refractivity contribution in [1.29, 1.82) is 0 Å². The largest absolute Gasteiger partial charge is 0.383 e. The van der Waals surface area contributed by atoms with Crippen LogP contribution in [0.4, 0.5) is 5.69 Å². The van der Waals surface area contributed by atoms with E-state index in [1.165, 1.54) is 11.3 Å². The summed E-state index contributed by atoms with van der Waals surface area (Å²) >= 11 is 0. The highest BCUT2D eigenvalue weighted by Gasteiger charge is 2.23. The van der Waals surface area contributed by atoms with Crippen LogP contribution in [-0.2, 0) is 11.2 Å². The van der Waals surface area contributed by atoms with Gasteiger partial charge < -0.3 is 10.1 Å². The molecule has 0 saturated heterocycles. The van der Waals surface area contributed by atoms with Gasteiger partial charge in [-0.05, 0) is 31.5 Å². The second-order valence-electron chi connectivity index (χ2n) is 5.09. The van der Waals surface area contributed by atoms with Gasteiger partial charge in [0, 0.05) is 31.4 Å². The minimum Gasteiger partial charge on any atom is -0.383 e. The predicted octanol–water partition coefficient (Wildman–Crippen LogP) is 2.38. The first kappa shape index (κ1) is 13.4. The van der Waals surface area contributed by atoms with E-state index < -0.39 is 0 Å². The molecular formula is C15H24N2O. The molecule has 1 aromatic rings. The fourth-order valence-electron chi connectivity index (χ4n) is 2.74. The Hall–Kier alpha value is -1.06. The molecule has 0 aliphatic carbocycles. The lowest BCUT2D eigenvalue weighted by Crippen LogP contribution is -2.42. The van der Waals surface area contributed by atoms with Gasteiger partial charge in [-0.3, -0.25) is 4.90 Å². The first-order valence-corrected chi connectivity index (χ1v) is 6.82. The molecule has 1 aromatic carbocycles. The zero-order valence-electron chi connectivity index (χ0n) is 11.6. The molecule has 1 aliphatic heterocycles. The van der Waals surface area contributed by atoms with Crippen molar-refractivity contribution >= 4 is 5.69 Å². The average molecular weight is 248 g/mol. The molecule has 0 radical (unpaired) electrons. The van der Waals surface area contributed by atoms with Gasteiger partial charge in [-0.15, -0.1) is 0 Å². The maximum Gasteiger partial charge on any atom is 0.0615 e. The number of hydrogen-bond acceptors (Lipinski definition) is 3. The summed E-state index contributed by atoms with van der Waals surface area (Å²) in [6.07, 6.45) is 1.13. The Morgan fingerprint density at radius 1 is 1.44 bits per heavy atom. The van der Waals surface area contributed by atoms with Gasteiger partial charge in [-0.2, -0.15) is 0 Å². The van der Waals surface area contributed by atoms with Crippen molar-refractivity contribution in [3.63, 3.8) is 0 Å². The van der Waals surface area contributed by atoms with E-state index in [-0.39, 0.29) is 0 Å². The third kappa shape index (κ3) is 3.03. The van der Waals surface area contributed by atoms with Gasteiger partial charge in [0.05, 0.1) is 6.61 Å². The highest BCUT2D eigenvalue weighted by atomic mass is 16.5. The third-order valence-electron chi connectivity index (χ3n) is 3.74. The Labute approximate surface area is 110 Å². The number of hydrogen-bond donors (Lipinski definition) is 1. The standard InChI is InChI=1S/C15H24N2O/c1-4-17(12(2)11-18-3)10-14-9-13-7-5-6-8-15(13)16-14/h5-8,12,14,16H,4,9-11H2,1-3H3. The molecule has 2 atom stereocenters. The van der Waals surface area contributed by atoms with Crippen molar-refractivity contribution in [2.75, 3.05) is 32.1 Å². The summed E-state index contributed by atoms with van der Waals surface area (Å²) in [5, 5.41) is 3.61. The quantitative estimate of drug-likeness (QED) is 0.836. The Morgan fingerprint density at radius 2 is 2.22 bits per heavy atom. The summed E-state index contributed by atoms with van der Waals surface area (Å²) in [6.45, 7) is 7.39. The molecule has 0 saturated carbocycles. The van der Waals surface area contributed by atoms with Crippen LogP contribution in [0.25, 0.3) is 0 Å². The van der Waals surface area contributed by atoms with E-state index in [0.29, 0.717) is 12.1 Å². The van der Waals surface area contributed by atoms with Crippen LogP contribution >= 0.6 is 0 Å². The van der Waals surface area contributed by atoms with Crippen LogP contribution in [0.15, 0.2) is 24.3 Å². The maximum absolute atomic E-state index is 5.25. The van der Waals surface area contributed by atoms with Crippen LogP contribution in [0.2, 0.25) is 0 Å². The van der Waals surface area contributed by atoms with E-state index in [4.69, 9.17) is 4.74 Å². The smallest absolute Gasteiger partial charge is 0.0615 e. The van der Waals surface area contributed by atoms with Crippen LogP contribution in [0.3, 0.4) is 0 Å². The number of anilines is 1. The molecule has 100 valence electrons. The van der Waals surface area contributed by atoms with Crippen molar-refractivity contribution in [3.05, 3.63) is 29.8 Å². The molecule has 1 heterocycles. The van der Waals surface area contributed by atoms with Crippen LogP contribution in [0.1, 0.15) is 19.4 Å². The molecule has 0 fully saturated rings. The van der Waals surface area contributed by atoms with E-state index in [9.17, 15) is 0 Å². The summed E-state index contributed by atoms with van der Waals surface area (Å²) in [5.41, 5.74) is 2.75. The highest BCUT2D eigenvalue weighted by molar-refractivity contribution is 5.56. The topological polar surface area (TPSA) is 24.5 Å². The van der Waals surface area contributed by atoms with Crippen molar-refractivity contribution in [1.82, 2.24) is 4.90 Å². The number of benzene rings is 1. The summed E-state index contributed by atoms with van der Waals surface area (Å²) in [7, 11) is 1.77. The first-order chi connectivity index (χ1) is 8.74. The average Bonchev–Trinajstić information content (AvgIpc) is 2.78. The van der Waals surface area contributed by atoms with E-state index in [0.717, 1.165) is 26.1 Å². The molecule has 0 bridgehead atoms. The van der Waals surface area contributed by atoms with E-state index in [1.54, 1.807) is 7.11 Å². The van der Waals surface area contributed by atoms with E-state index >= 15 is 0 Å². The van der Waals surface area contributed by atoms with Crippen molar-refractivity contribution < 1.29 is 4.74 Å². The zero-order valence-corrected chi connectivity index (χ0v) is 11.6. The third-order valence-corrected chi connectivity index (χ3v) is 3.74. The number of methoxy groups -OCH3 is 1. The number of ether oxygens (including phenoxy) is 1. The summed E-state index contributed by atoms with van der Waals surface area (Å²) in [4.78, 5) is 2.48. The fraction of sp³-hybridized carbons (Fsp3) is 0.600. The fourth-order valence-corrected chi connectivity index (χ4v) is 2.74. The Morgan fingerprint density at radius 3 is 2.89 bits per heavy atom. The van der Waals surface area contributed by atoms with Gasteiger partial charge in [-0.25, -0.2) is 0 Å². The molecule has 2 unspecified atom stereocenters. The first-order valence-electron chi connectivity index (χ1n) is 6.82. The van der Waals surface area contributed by atoms with Gasteiger partial charge in [0.2, 0.25) is 0 Å². The molecule has 1 aliphatic rings. The molecule has 0 aromatic heterocycles. The second-order valence-corrected chi connectivity index (χ2v) is 5.09. The van der Waals surface area contributed by atoms with Gasteiger partial charge in [0.25, 0.3) is 0 Å². The van der Waals surface area contributed by atoms with Gasteiger partial charge >= 0.3 is 0 Å². The lowest BCUT2D eigenvalue weighted by atomic mass is 10.1. The Balaban J connectivity index is 1.91. The number of rotatable bonds is 6.